The first-order valence-electron chi connectivity index (χ1n) is 5.76. The summed E-state index contributed by atoms with van der Waals surface area (Å²) in [7, 11) is -3.45. The van der Waals surface area contributed by atoms with Crippen LogP contribution >= 0.6 is 0 Å². The largest absolute Gasteiger partial charge is 0.243 e. The first kappa shape index (κ1) is 12.5. The predicted octanol–water partition coefficient (Wildman–Crippen LogP) is 2.25. The number of benzene rings is 1. The van der Waals surface area contributed by atoms with Crippen LogP contribution in [-0.2, 0) is 10.0 Å². The molecule has 3 nitrogen and oxygen atoms in total. The summed E-state index contributed by atoms with van der Waals surface area (Å²) < 4.78 is 38.8. The number of hydrogen-bond acceptors (Lipinski definition) is 2. The van der Waals surface area contributed by atoms with Gasteiger partial charge in [0.25, 0.3) is 0 Å². The molecule has 0 aromatic heterocycles. The average Bonchev–Trinajstić information content (AvgIpc) is 2.29. The van der Waals surface area contributed by atoms with Crippen molar-refractivity contribution in [2.75, 3.05) is 13.1 Å². The molecular weight excluding hydrogens is 241 g/mol. The first-order chi connectivity index (χ1) is 8.00. The summed E-state index contributed by atoms with van der Waals surface area (Å²) in [4.78, 5) is 0.174. The van der Waals surface area contributed by atoms with Crippen LogP contribution in [0.3, 0.4) is 0 Å². The van der Waals surface area contributed by atoms with Gasteiger partial charge in [0.2, 0.25) is 10.0 Å². The summed E-state index contributed by atoms with van der Waals surface area (Å²) in [5.74, 6) is -0.0325. The lowest BCUT2D eigenvalue weighted by Gasteiger charge is -2.29. The maximum absolute atomic E-state index is 12.8. The van der Waals surface area contributed by atoms with Gasteiger partial charge in [-0.05, 0) is 43.0 Å². The van der Waals surface area contributed by atoms with E-state index in [9.17, 15) is 12.8 Å². The van der Waals surface area contributed by atoms with Gasteiger partial charge in [0.15, 0.2) is 0 Å². The monoisotopic (exact) mass is 257 g/mol. The molecule has 1 aromatic carbocycles. The van der Waals surface area contributed by atoms with Crippen molar-refractivity contribution < 1.29 is 12.8 Å². The predicted molar refractivity (Wildman–Crippen MR) is 63.6 cm³/mol. The zero-order chi connectivity index (χ0) is 12.5. The van der Waals surface area contributed by atoms with Crippen LogP contribution in [0.5, 0.6) is 0 Å². The molecular formula is C12H16FNO2S. The van der Waals surface area contributed by atoms with E-state index in [1.165, 1.54) is 28.6 Å². The number of sulfonamides is 1. The maximum atomic E-state index is 12.8. The smallest absolute Gasteiger partial charge is 0.207 e. The molecule has 1 heterocycles. The molecule has 1 aromatic rings. The second kappa shape index (κ2) is 4.74. The van der Waals surface area contributed by atoms with E-state index in [4.69, 9.17) is 0 Å². The van der Waals surface area contributed by atoms with Gasteiger partial charge in [0.05, 0.1) is 4.90 Å². The van der Waals surface area contributed by atoms with E-state index in [0.29, 0.717) is 19.0 Å². The highest BCUT2D eigenvalue weighted by atomic mass is 32.2. The fraction of sp³-hybridized carbons (Fsp3) is 0.500. The van der Waals surface area contributed by atoms with Crippen LogP contribution in [0.15, 0.2) is 29.2 Å². The fourth-order valence-electron chi connectivity index (χ4n) is 2.12. The lowest BCUT2D eigenvalue weighted by atomic mass is 10.0. The van der Waals surface area contributed by atoms with Gasteiger partial charge in [-0.15, -0.1) is 0 Å². The Morgan fingerprint density at radius 1 is 1.29 bits per heavy atom. The van der Waals surface area contributed by atoms with E-state index in [2.05, 4.69) is 0 Å². The maximum Gasteiger partial charge on any atom is 0.243 e. The molecule has 1 saturated heterocycles. The summed E-state index contributed by atoms with van der Waals surface area (Å²) in [6.07, 6.45) is 1.96. The second-order valence-electron chi connectivity index (χ2n) is 4.56. The van der Waals surface area contributed by atoms with Gasteiger partial charge in [-0.1, -0.05) is 6.92 Å². The zero-order valence-corrected chi connectivity index (χ0v) is 10.6. The second-order valence-corrected chi connectivity index (χ2v) is 6.50. The van der Waals surface area contributed by atoms with Crippen LogP contribution in [0, 0.1) is 11.7 Å². The molecule has 1 aliphatic rings. The summed E-state index contributed by atoms with van der Waals surface area (Å²) in [5.41, 5.74) is 0. The van der Waals surface area contributed by atoms with Gasteiger partial charge < -0.3 is 0 Å². The lowest BCUT2D eigenvalue weighted by Crippen LogP contribution is -2.39. The molecule has 0 bridgehead atoms. The number of nitrogens with zero attached hydrogens (tertiary/aromatic N) is 1. The average molecular weight is 257 g/mol. The van der Waals surface area contributed by atoms with Crippen molar-refractivity contribution in [1.82, 2.24) is 4.31 Å². The van der Waals surface area contributed by atoms with Gasteiger partial charge in [-0.2, -0.15) is 4.31 Å². The van der Waals surface area contributed by atoms with Crippen LogP contribution < -0.4 is 0 Å². The van der Waals surface area contributed by atoms with Crippen LogP contribution in [0.25, 0.3) is 0 Å². The van der Waals surface area contributed by atoms with E-state index >= 15 is 0 Å². The highest BCUT2D eigenvalue weighted by Crippen LogP contribution is 2.23. The molecule has 1 atom stereocenters. The Morgan fingerprint density at radius 3 is 2.53 bits per heavy atom. The third-order valence-electron chi connectivity index (χ3n) is 3.07. The molecule has 1 fully saturated rings. The normalized spacial score (nSPS) is 22.6. The molecule has 0 amide bonds. The van der Waals surface area contributed by atoms with Gasteiger partial charge >= 0.3 is 0 Å². The summed E-state index contributed by atoms with van der Waals surface area (Å²) in [6, 6.07) is 5.01. The highest BCUT2D eigenvalue weighted by Gasteiger charge is 2.28. The van der Waals surface area contributed by atoms with E-state index < -0.39 is 15.8 Å². The van der Waals surface area contributed by atoms with Crippen molar-refractivity contribution in [2.45, 2.75) is 24.7 Å². The molecule has 1 aliphatic heterocycles. The van der Waals surface area contributed by atoms with Crippen LogP contribution in [-0.4, -0.2) is 25.8 Å². The molecule has 2 rings (SSSR count). The van der Waals surface area contributed by atoms with Crippen molar-refractivity contribution in [3.05, 3.63) is 30.1 Å². The number of halogens is 1. The number of rotatable bonds is 2. The Hall–Kier alpha value is -0.940. The minimum absolute atomic E-state index is 0.174. The Kier molecular flexibility index (Phi) is 3.49. The van der Waals surface area contributed by atoms with Crippen molar-refractivity contribution in [3.63, 3.8) is 0 Å². The van der Waals surface area contributed by atoms with Crippen molar-refractivity contribution in [2.24, 2.45) is 5.92 Å². The molecule has 94 valence electrons. The van der Waals surface area contributed by atoms with E-state index in [1.54, 1.807) is 0 Å². The summed E-state index contributed by atoms with van der Waals surface area (Å²) in [6.45, 7) is 3.16. The molecule has 0 radical (unpaired) electrons. The minimum atomic E-state index is -3.45. The Labute approximate surface area is 101 Å². The van der Waals surface area contributed by atoms with Crippen LogP contribution in [0.1, 0.15) is 19.8 Å². The van der Waals surface area contributed by atoms with Gasteiger partial charge in [-0.25, -0.2) is 12.8 Å². The molecule has 0 spiro atoms. The van der Waals surface area contributed by atoms with Gasteiger partial charge in [0.1, 0.15) is 5.82 Å². The molecule has 0 aliphatic carbocycles. The summed E-state index contributed by atoms with van der Waals surface area (Å²) in [5, 5.41) is 0. The van der Waals surface area contributed by atoms with Gasteiger partial charge in [-0.3, -0.25) is 0 Å². The van der Waals surface area contributed by atoms with Crippen molar-refractivity contribution in [1.29, 1.82) is 0 Å². The number of hydrogen-bond donors (Lipinski definition) is 0. The topological polar surface area (TPSA) is 37.4 Å². The Bertz CT molecular complexity index is 484. The van der Waals surface area contributed by atoms with E-state index in [1.807, 2.05) is 6.92 Å². The fourth-order valence-corrected chi connectivity index (χ4v) is 3.72. The molecule has 0 N–H and O–H groups in total. The number of piperidine rings is 1. The highest BCUT2D eigenvalue weighted by molar-refractivity contribution is 7.89. The minimum Gasteiger partial charge on any atom is -0.207 e. The molecule has 17 heavy (non-hydrogen) atoms. The molecule has 0 saturated carbocycles. The first-order valence-corrected chi connectivity index (χ1v) is 7.20. The van der Waals surface area contributed by atoms with E-state index in [0.717, 1.165) is 12.8 Å². The van der Waals surface area contributed by atoms with E-state index in [-0.39, 0.29) is 4.90 Å². The zero-order valence-electron chi connectivity index (χ0n) is 9.77. The van der Waals surface area contributed by atoms with Crippen molar-refractivity contribution in [3.8, 4) is 0 Å². The van der Waals surface area contributed by atoms with Crippen molar-refractivity contribution >= 4 is 10.0 Å². The molecule has 0 unspecified atom stereocenters. The summed E-state index contributed by atoms with van der Waals surface area (Å²) >= 11 is 0. The van der Waals surface area contributed by atoms with Gasteiger partial charge in [0, 0.05) is 13.1 Å². The quantitative estimate of drug-likeness (QED) is 0.815. The standard InChI is InChI=1S/C12H16FNO2S/c1-10-3-2-8-14(9-10)17(15,16)12-6-4-11(13)5-7-12/h4-7,10H,2-3,8-9H2,1H3/t10-/m1/s1. The van der Waals surface area contributed by atoms with Crippen LogP contribution in [0.2, 0.25) is 0 Å². The Morgan fingerprint density at radius 2 is 1.94 bits per heavy atom. The van der Waals surface area contributed by atoms with Crippen LogP contribution in [0.4, 0.5) is 4.39 Å². The SMILES string of the molecule is C[C@@H]1CCCN(S(=O)(=O)c2ccc(F)cc2)C1. The molecule has 5 heteroatoms. The third kappa shape index (κ3) is 2.66. The Balaban J connectivity index is 2.26. The lowest BCUT2D eigenvalue weighted by molar-refractivity contribution is 0.281. The third-order valence-corrected chi connectivity index (χ3v) is 4.95.